The third-order valence-corrected chi connectivity index (χ3v) is 9.58. The Kier molecular flexibility index (Phi) is 4.20. The molecule has 4 aliphatic carbocycles. The van der Waals surface area contributed by atoms with Crippen LogP contribution in [0.15, 0.2) is 11.6 Å². The molecule has 0 bridgehead atoms. The minimum Gasteiger partial charge on any atom is -0.294 e. The van der Waals surface area contributed by atoms with Crippen LogP contribution in [0.2, 0.25) is 0 Å². The number of allylic oxidation sites excluding steroid dienone is 1. The molecule has 0 saturated heterocycles. The Morgan fingerprint density at radius 3 is 2.68 bits per heavy atom. The number of nitrogens with zero attached hydrogens (tertiary/aromatic N) is 2. The molecule has 0 amide bonds. The molecule has 3 heteroatoms. The van der Waals surface area contributed by atoms with Crippen LogP contribution in [0.4, 0.5) is 0 Å². The minimum absolute atomic E-state index is 0.126. The average molecular weight is 381 g/mol. The third-order valence-electron chi connectivity index (χ3n) is 9.58. The average Bonchev–Trinajstić information content (AvgIpc) is 3.11. The van der Waals surface area contributed by atoms with E-state index in [1.54, 1.807) is 0 Å². The highest BCUT2D eigenvalue weighted by Crippen LogP contribution is 2.66. The van der Waals surface area contributed by atoms with Crippen molar-refractivity contribution in [2.24, 2.45) is 41.5 Å². The number of rotatable bonds is 1. The van der Waals surface area contributed by atoms with E-state index in [2.05, 4.69) is 31.1 Å². The zero-order valence-electron chi connectivity index (χ0n) is 18.1. The van der Waals surface area contributed by atoms with Gasteiger partial charge in [-0.25, -0.2) is 0 Å². The van der Waals surface area contributed by atoms with Crippen LogP contribution < -0.4 is 0 Å². The highest BCUT2D eigenvalue weighted by atomic mass is 16.1. The minimum atomic E-state index is -0.126. The zero-order valence-corrected chi connectivity index (χ0v) is 18.1. The lowest BCUT2D eigenvalue weighted by atomic mass is 9.45. The van der Waals surface area contributed by atoms with Crippen LogP contribution in [0, 0.1) is 41.4 Å². The van der Waals surface area contributed by atoms with Crippen molar-refractivity contribution < 1.29 is 4.79 Å². The molecule has 0 aromatic carbocycles. The lowest BCUT2D eigenvalue weighted by molar-refractivity contribution is -0.137. The maximum Gasteiger partial charge on any atom is 0.165 e. The maximum atomic E-state index is 13.5. The third kappa shape index (κ3) is 2.53. The molecule has 0 radical (unpaired) electrons. The fourth-order valence-electron chi connectivity index (χ4n) is 8.04. The van der Waals surface area contributed by atoms with Crippen LogP contribution in [0.5, 0.6) is 0 Å². The van der Waals surface area contributed by atoms with Crippen molar-refractivity contribution in [2.45, 2.75) is 78.6 Å². The standard InChI is InChI=1S/C25H36N2O/c1-16-13-19(27(4)26-16)14-17-15-22-20-9-8-18-7-5-6-11-24(18,2)21(20)10-12-25(22,3)23(17)28/h13-14,18,20-22H,5-12,15H2,1-4H3/b17-14+. The Labute approximate surface area is 170 Å². The number of Topliss-reactive ketones (excluding diaryl/α,β-unsaturated/α-hetero) is 1. The summed E-state index contributed by atoms with van der Waals surface area (Å²) in [6.45, 7) is 6.93. The van der Waals surface area contributed by atoms with E-state index in [0.29, 0.717) is 17.1 Å². The van der Waals surface area contributed by atoms with Crippen LogP contribution in [-0.2, 0) is 11.8 Å². The van der Waals surface area contributed by atoms with Crippen molar-refractivity contribution in [3.8, 4) is 0 Å². The Balaban J connectivity index is 1.47. The van der Waals surface area contributed by atoms with Crippen molar-refractivity contribution in [2.75, 3.05) is 0 Å². The van der Waals surface area contributed by atoms with Crippen LogP contribution in [0.3, 0.4) is 0 Å². The zero-order chi connectivity index (χ0) is 19.7. The van der Waals surface area contributed by atoms with Crippen molar-refractivity contribution >= 4 is 11.9 Å². The van der Waals surface area contributed by atoms with Crippen molar-refractivity contribution in [3.63, 3.8) is 0 Å². The summed E-state index contributed by atoms with van der Waals surface area (Å²) in [7, 11) is 1.98. The summed E-state index contributed by atoms with van der Waals surface area (Å²) in [5, 5.41) is 4.47. The first-order valence-electron chi connectivity index (χ1n) is 11.6. The lowest BCUT2D eigenvalue weighted by Crippen LogP contribution is -2.52. The Bertz CT molecular complexity index is 836. The molecule has 6 unspecified atom stereocenters. The predicted molar refractivity (Wildman–Crippen MR) is 113 cm³/mol. The number of hydrogen-bond donors (Lipinski definition) is 0. The molecule has 6 atom stereocenters. The number of ketones is 1. The number of fused-ring (bicyclic) bond motifs is 5. The molecule has 28 heavy (non-hydrogen) atoms. The van der Waals surface area contributed by atoms with Crippen molar-refractivity contribution in [1.29, 1.82) is 0 Å². The second-order valence-electron chi connectivity index (χ2n) is 10.9. The molecular weight excluding hydrogens is 344 g/mol. The normalized spacial score (nSPS) is 44.3. The molecule has 152 valence electrons. The number of hydrogen-bond acceptors (Lipinski definition) is 2. The first-order chi connectivity index (χ1) is 13.3. The van der Waals surface area contributed by atoms with Gasteiger partial charge in [0.05, 0.1) is 11.4 Å². The quantitative estimate of drug-likeness (QED) is 0.584. The van der Waals surface area contributed by atoms with Gasteiger partial charge in [-0.15, -0.1) is 0 Å². The molecule has 5 rings (SSSR count). The van der Waals surface area contributed by atoms with Crippen LogP contribution in [0.25, 0.3) is 6.08 Å². The van der Waals surface area contributed by atoms with Gasteiger partial charge in [0, 0.05) is 12.5 Å². The van der Waals surface area contributed by atoms with Gasteiger partial charge in [0.1, 0.15) is 0 Å². The summed E-state index contributed by atoms with van der Waals surface area (Å²) >= 11 is 0. The van der Waals surface area contributed by atoms with Crippen molar-refractivity contribution in [1.82, 2.24) is 9.78 Å². The molecule has 0 aliphatic heterocycles. The van der Waals surface area contributed by atoms with Gasteiger partial charge in [-0.05, 0) is 98.7 Å². The van der Waals surface area contributed by atoms with Crippen LogP contribution in [-0.4, -0.2) is 15.6 Å². The van der Waals surface area contributed by atoms with E-state index in [4.69, 9.17) is 0 Å². The summed E-state index contributed by atoms with van der Waals surface area (Å²) in [5.41, 5.74) is 3.57. The van der Waals surface area contributed by atoms with Gasteiger partial charge >= 0.3 is 0 Å². The second kappa shape index (κ2) is 6.31. The number of aromatic nitrogens is 2. The van der Waals surface area contributed by atoms with Gasteiger partial charge in [0.25, 0.3) is 0 Å². The lowest BCUT2D eigenvalue weighted by Gasteiger charge is -2.59. The van der Waals surface area contributed by atoms with Gasteiger partial charge in [-0.1, -0.05) is 26.7 Å². The molecule has 1 aromatic rings. The maximum absolute atomic E-state index is 13.5. The molecule has 0 N–H and O–H groups in total. The first kappa shape index (κ1) is 18.6. The smallest absolute Gasteiger partial charge is 0.165 e. The van der Waals surface area contributed by atoms with E-state index in [-0.39, 0.29) is 5.41 Å². The Hall–Kier alpha value is -1.38. The molecule has 4 fully saturated rings. The molecule has 3 nitrogen and oxygen atoms in total. The van der Waals surface area contributed by atoms with E-state index in [0.717, 1.165) is 47.6 Å². The van der Waals surface area contributed by atoms with Crippen molar-refractivity contribution in [3.05, 3.63) is 23.0 Å². The van der Waals surface area contributed by atoms with E-state index < -0.39 is 0 Å². The fraction of sp³-hybridized carbons (Fsp3) is 0.760. The molecule has 4 saturated carbocycles. The Morgan fingerprint density at radius 2 is 1.93 bits per heavy atom. The fourth-order valence-corrected chi connectivity index (χ4v) is 8.04. The predicted octanol–water partition coefficient (Wildman–Crippen LogP) is 5.72. The summed E-state index contributed by atoms with van der Waals surface area (Å²) in [5.74, 6) is 3.53. The van der Waals surface area contributed by atoms with E-state index >= 15 is 0 Å². The molecule has 1 heterocycles. The van der Waals surface area contributed by atoms with Gasteiger partial charge in [0.2, 0.25) is 0 Å². The SMILES string of the molecule is Cc1cc(/C=C2\CC3C4CCC5CCCCC5(C)C4CCC3(C)C2=O)n(C)n1. The van der Waals surface area contributed by atoms with Gasteiger partial charge < -0.3 is 0 Å². The molecule has 4 aliphatic rings. The number of carbonyl (C=O) groups excluding carboxylic acids is 1. The molecule has 0 spiro atoms. The summed E-state index contributed by atoms with van der Waals surface area (Å²) in [4.78, 5) is 13.5. The highest BCUT2D eigenvalue weighted by molar-refractivity contribution is 6.05. The summed E-state index contributed by atoms with van der Waals surface area (Å²) in [6.07, 6.45) is 14.0. The first-order valence-corrected chi connectivity index (χ1v) is 11.6. The van der Waals surface area contributed by atoms with E-state index in [9.17, 15) is 4.79 Å². The van der Waals surface area contributed by atoms with Gasteiger partial charge in [0.15, 0.2) is 5.78 Å². The molecule has 1 aromatic heterocycles. The van der Waals surface area contributed by atoms with Gasteiger partial charge in [-0.2, -0.15) is 5.10 Å². The molecular formula is C25H36N2O. The monoisotopic (exact) mass is 380 g/mol. The summed E-state index contributed by atoms with van der Waals surface area (Å²) < 4.78 is 1.91. The number of aryl methyl sites for hydroxylation is 2. The second-order valence-corrected chi connectivity index (χ2v) is 10.9. The Morgan fingerprint density at radius 1 is 1.11 bits per heavy atom. The van der Waals surface area contributed by atoms with E-state index in [1.165, 1.54) is 44.9 Å². The largest absolute Gasteiger partial charge is 0.294 e. The van der Waals surface area contributed by atoms with Crippen LogP contribution >= 0.6 is 0 Å². The highest BCUT2D eigenvalue weighted by Gasteiger charge is 2.60. The topological polar surface area (TPSA) is 34.9 Å². The number of carbonyl (C=O) groups is 1. The van der Waals surface area contributed by atoms with E-state index in [1.807, 2.05) is 18.7 Å². The summed E-state index contributed by atoms with van der Waals surface area (Å²) in [6, 6.07) is 2.10. The van der Waals surface area contributed by atoms with Crippen LogP contribution in [0.1, 0.15) is 83.0 Å². The van der Waals surface area contributed by atoms with Gasteiger partial charge in [-0.3, -0.25) is 9.48 Å².